The second kappa shape index (κ2) is 8.55. The Kier molecular flexibility index (Phi) is 5.70. The molecule has 0 spiro atoms. The van der Waals surface area contributed by atoms with Crippen molar-refractivity contribution in [3.8, 4) is 17.3 Å². The quantitative estimate of drug-likeness (QED) is 0.588. The summed E-state index contributed by atoms with van der Waals surface area (Å²) in [5.74, 6) is -0.180. The summed E-state index contributed by atoms with van der Waals surface area (Å²) in [6.45, 7) is 4.41. The van der Waals surface area contributed by atoms with Crippen LogP contribution in [0, 0.1) is 11.3 Å². The number of hydrogen-bond donors (Lipinski definition) is 0. The first-order valence-corrected chi connectivity index (χ1v) is 10.4. The Hall–Kier alpha value is -2.69. The van der Waals surface area contributed by atoms with E-state index >= 15 is 0 Å². The summed E-state index contributed by atoms with van der Waals surface area (Å²) >= 11 is 1.53. The van der Waals surface area contributed by atoms with Gasteiger partial charge >= 0.3 is 0 Å². The van der Waals surface area contributed by atoms with E-state index in [1.165, 1.54) is 11.3 Å². The number of ether oxygens (including phenoxy) is 1. The minimum atomic E-state index is -0.180. The first-order valence-electron chi connectivity index (χ1n) is 9.56. The number of anilines is 1. The highest BCUT2D eigenvalue weighted by molar-refractivity contribution is 7.17. The third kappa shape index (κ3) is 3.93. The first-order chi connectivity index (χ1) is 13.8. The molecule has 28 heavy (non-hydrogen) atoms. The molecule has 2 saturated heterocycles. The van der Waals surface area contributed by atoms with Crippen molar-refractivity contribution in [1.29, 1.82) is 5.26 Å². The number of carbonyl (C=O) groups excluding carboxylic acids is 1. The summed E-state index contributed by atoms with van der Waals surface area (Å²) in [7, 11) is 0. The van der Waals surface area contributed by atoms with Crippen molar-refractivity contribution in [3.05, 3.63) is 40.8 Å². The molecule has 0 unspecified atom stereocenters. The van der Waals surface area contributed by atoms with Crippen LogP contribution >= 0.6 is 11.3 Å². The number of nitrogens with zero attached hydrogens (tertiary/aromatic N) is 4. The Morgan fingerprint density at radius 3 is 2.54 bits per heavy atom. The van der Waals surface area contributed by atoms with Crippen molar-refractivity contribution in [2.24, 2.45) is 0 Å². The average molecular weight is 395 g/mol. The van der Waals surface area contributed by atoms with Gasteiger partial charge in [0.25, 0.3) is 5.91 Å². The lowest BCUT2D eigenvalue weighted by atomic mass is 10.1. The maximum Gasteiger partial charge on any atom is 0.264 e. The van der Waals surface area contributed by atoms with Gasteiger partial charge < -0.3 is 14.5 Å². The molecule has 4 rings (SSSR count). The lowest BCUT2D eigenvalue weighted by Crippen LogP contribution is -2.36. The Morgan fingerprint density at radius 1 is 1.14 bits per heavy atom. The average Bonchev–Trinajstić information content (AvgIpc) is 3.43. The Balaban J connectivity index is 1.72. The van der Waals surface area contributed by atoms with Gasteiger partial charge in [0.2, 0.25) is 0 Å². The molecular weight excluding hydrogens is 372 g/mol. The second-order valence-electron chi connectivity index (χ2n) is 6.84. The summed E-state index contributed by atoms with van der Waals surface area (Å²) in [5.41, 5.74) is 1.97. The summed E-state index contributed by atoms with van der Waals surface area (Å²) in [4.78, 5) is 22.4. The predicted molar refractivity (Wildman–Crippen MR) is 110 cm³/mol. The summed E-state index contributed by atoms with van der Waals surface area (Å²) in [6.07, 6.45) is 3.72. The van der Waals surface area contributed by atoms with E-state index in [1.807, 2.05) is 30.3 Å². The molecule has 0 atom stereocenters. The fraction of sp³-hybridized carbons (Fsp3) is 0.381. The highest BCUT2D eigenvalue weighted by Gasteiger charge is 2.24. The smallest absolute Gasteiger partial charge is 0.264 e. The minimum absolute atomic E-state index is 0.177. The lowest BCUT2D eigenvalue weighted by molar-refractivity contribution is -0.125. The minimum Gasteiger partial charge on any atom is -0.378 e. The molecule has 6 nitrogen and oxygen atoms in total. The van der Waals surface area contributed by atoms with Crippen molar-refractivity contribution < 1.29 is 9.53 Å². The molecule has 1 aromatic carbocycles. The molecule has 1 aromatic heterocycles. The standard InChI is InChI=1S/C21H22N4O2S/c22-15-17(20(26)24-8-4-5-9-24)14-18-19(16-6-2-1-3-7-16)23-21(28-18)25-10-12-27-13-11-25/h1-3,6-7,14H,4-5,8-13H2/b17-14+. The van der Waals surface area contributed by atoms with Crippen molar-refractivity contribution in [1.82, 2.24) is 9.88 Å². The van der Waals surface area contributed by atoms with E-state index in [9.17, 15) is 10.1 Å². The van der Waals surface area contributed by atoms with Crippen LogP contribution in [0.3, 0.4) is 0 Å². The lowest BCUT2D eigenvalue weighted by Gasteiger charge is -2.26. The molecule has 0 radical (unpaired) electrons. The highest BCUT2D eigenvalue weighted by Crippen LogP contribution is 2.35. The van der Waals surface area contributed by atoms with Gasteiger partial charge in [-0.1, -0.05) is 41.7 Å². The number of morpholine rings is 1. The summed E-state index contributed by atoms with van der Waals surface area (Å²) in [6, 6.07) is 12.0. The number of thiazole rings is 1. The number of likely N-dealkylation sites (tertiary alicyclic amines) is 1. The molecule has 0 N–H and O–H groups in total. The van der Waals surface area contributed by atoms with Gasteiger partial charge in [-0.3, -0.25) is 4.79 Å². The van der Waals surface area contributed by atoms with Crippen LogP contribution in [-0.2, 0) is 9.53 Å². The van der Waals surface area contributed by atoms with Crippen LogP contribution in [0.5, 0.6) is 0 Å². The molecule has 0 saturated carbocycles. The van der Waals surface area contributed by atoms with Crippen molar-refractivity contribution in [3.63, 3.8) is 0 Å². The van der Waals surface area contributed by atoms with Crippen LogP contribution in [0.1, 0.15) is 17.7 Å². The maximum atomic E-state index is 12.7. The van der Waals surface area contributed by atoms with Crippen molar-refractivity contribution in [2.45, 2.75) is 12.8 Å². The second-order valence-corrected chi connectivity index (χ2v) is 7.85. The van der Waals surface area contributed by atoms with Crippen LogP contribution in [0.4, 0.5) is 5.13 Å². The summed E-state index contributed by atoms with van der Waals surface area (Å²) in [5, 5.41) is 10.5. The van der Waals surface area contributed by atoms with Gasteiger partial charge in [0.15, 0.2) is 5.13 Å². The zero-order valence-corrected chi connectivity index (χ0v) is 16.5. The Bertz CT molecular complexity index is 904. The largest absolute Gasteiger partial charge is 0.378 e. The summed E-state index contributed by atoms with van der Waals surface area (Å²) < 4.78 is 5.44. The zero-order chi connectivity index (χ0) is 19.3. The molecule has 2 fully saturated rings. The van der Waals surface area contributed by atoms with Gasteiger partial charge in [-0.25, -0.2) is 4.98 Å². The highest BCUT2D eigenvalue weighted by atomic mass is 32.1. The first kappa shape index (κ1) is 18.7. The SMILES string of the molecule is N#C/C(=C\c1sc(N2CCOCC2)nc1-c1ccccc1)C(=O)N1CCCC1. The van der Waals surface area contributed by atoms with Gasteiger partial charge in [-0.2, -0.15) is 5.26 Å². The van der Waals surface area contributed by atoms with Gasteiger partial charge in [-0.15, -0.1) is 0 Å². The van der Waals surface area contributed by atoms with E-state index in [0.717, 1.165) is 60.3 Å². The number of hydrogen-bond acceptors (Lipinski definition) is 6. The number of nitriles is 1. The van der Waals surface area contributed by atoms with Gasteiger partial charge in [0.1, 0.15) is 11.6 Å². The Morgan fingerprint density at radius 2 is 1.86 bits per heavy atom. The zero-order valence-electron chi connectivity index (χ0n) is 15.6. The monoisotopic (exact) mass is 394 g/mol. The van der Waals surface area contributed by atoms with Crippen LogP contribution in [0.15, 0.2) is 35.9 Å². The number of aromatic nitrogens is 1. The fourth-order valence-corrected chi connectivity index (χ4v) is 4.56. The fourth-order valence-electron chi connectivity index (χ4n) is 3.47. The molecule has 0 aliphatic carbocycles. The van der Waals surface area contributed by atoms with Crippen LogP contribution in [-0.4, -0.2) is 55.2 Å². The molecule has 0 bridgehead atoms. The molecule has 2 aliphatic rings. The van der Waals surface area contributed by atoms with Crippen LogP contribution in [0.2, 0.25) is 0 Å². The van der Waals surface area contributed by atoms with E-state index in [2.05, 4.69) is 11.0 Å². The normalized spacial score (nSPS) is 17.6. The Labute approximate surface area is 168 Å². The molecule has 7 heteroatoms. The number of rotatable bonds is 4. The molecule has 3 heterocycles. The predicted octanol–water partition coefficient (Wildman–Crippen LogP) is 3.18. The van der Waals surface area contributed by atoms with E-state index in [0.29, 0.717) is 13.2 Å². The van der Waals surface area contributed by atoms with Gasteiger partial charge in [0, 0.05) is 31.7 Å². The molecular formula is C21H22N4O2S. The van der Waals surface area contributed by atoms with Crippen molar-refractivity contribution in [2.75, 3.05) is 44.3 Å². The molecule has 2 aromatic rings. The topological polar surface area (TPSA) is 69.5 Å². The maximum absolute atomic E-state index is 12.7. The van der Waals surface area contributed by atoms with Crippen molar-refractivity contribution >= 4 is 28.5 Å². The van der Waals surface area contributed by atoms with E-state index in [-0.39, 0.29) is 11.5 Å². The third-order valence-corrected chi connectivity index (χ3v) is 6.05. The number of amides is 1. The number of carbonyl (C=O) groups is 1. The molecule has 1 amide bonds. The molecule has 2 aliphatic heterocycles. The van der Waals surface area contributed by atoms with Gasteiger partial charge in [0.05, 0.1) is 23.8 Å². The van der Waals surface area contributed by atoms with Gasteiger partial charge in [-0.05, 0) is 18.9 Å². The van der Waals surface area contributed by atoms with E-state index in [1.54, 1.807) is 11.0 Å². The molecule has 144 valence electrons. The number of benzene rings is 1. The van der Waals surface area contributed by atoms with E-state index in [4.69, 9.17) is 9.72 Å². The van der Waals surface area contributed by atoms with E-state index < -0.39 is 0 Å². The van der Waals surface area contributed by atoms with Crippen LogP contribution < -0.4 is 4.90 Å². The van der Waals surface area contributed by atoms with Crippen LogP contribution in [0.25, 0.3) is 17.3 Å². The third-order valence-electron chi connectivity index (χ3n) is 4.99.